The van der Waals surface area contributed by atoms with Crippen LogP contribution in [0, 0.1) is 0 Å². The van der Waals surface area contributed by atoms with Gasteiger partial charge in [-0.25, -0.2) is 8.42 Å². The lowest BCUT2D eigenvalue weighted by Gasteiger charge is -2.28. The number of furan rings is 1. The van der Waals surface area contributed by atoms with Gasteiger partial charge in [0.2, 0.25) is 0 Å². The summed E-state index contributed by atoms with van der Waals surface area (Å²) in [6.45, 7) is 0. The van der Waals surface area contributed by atoms with Crippen LogP contribution in [-0.4, -0.2) is 47.7 Å². The zero-order valence-corrected chi connectivity index (χ0v) is 16.1. The van der Waals surface area contributed by atoms with Crippen LogP contribution in [0.25, 0.3) is 5.76 Å². The van der Waals surface area contributed by atoms with Crippen LogP contribution < -0.4 is 0 Å². The average molecular weight is 422 g/mol. The molecule has 2 fully saturated rings. The molecular weight excluding hydrogens is 406 g/mol. The van der Waals surface area contributed by atoms with Gasteiger partial charge in [-0.15, -0.1) is 0 Å². The third-order valence-electron chi connectivity index (χ3n) is 5.01. The Kier molecular flexibility index (Phi) is 4.55. The Bertz CT molecular complexity index is 1070. The molecule has 28 heavy (non-hydrogen) atoms. The van der Waals surface area contributed by atoms with Crippen molar-refractivity contribution in [1.82, 2.24) is 4.90 Å². The number of hydrogen-bond acceptors (Lipinski definition) is 6. The number of hydrogen-bond donors (Lipinski definition) is 1. The van der Waals surface area contributed by atoms with E-state index in [0.717, 1.165) is 0 Å². The van der Waals surface area contributed by atoms with Gasteiger partial charge >= 0.3 is 0 Å². The first kappa shape index (κ1) is 18.8. The molecule has 1 aromatic carbocycles. The number of aliphatic hydroxyl groups excluding tert-OH is 1. The Labute approximate surface area is 166 Å². The standard InChI is InChI=1S/C19H16ClNO6S/c20-12-5-3-11(4-6-12)17(22)15-16(14-2-1-8-27-14)21(19(24)18(15)23)13-7-9-28(25,26)10-13/h1-6,8,13,16,22H,7,9-10H2/t13-,16-/m0/s1. The van der Waals surface area contributed by atoms with Gasteiger partial charge in [0.25, 0.3) is 11.7 Å². The number of halogens is 1. The SMILES string of the molecule is O=C1C(=O)N([C@H]2CCS(=O)(=O)C2)[C@@H](c2ccco2)C1=C(O)c1ccc(Cl)cc1. The van der Waals surface area contributed by atoms with E-state index in [2.05, 4.69) is 0 Å². The summed E-state index contributed by atoms with van der Waals surface area (Å²) >= 11 is 5.87. The molecule has 0 saturated carbocycles. The van der Waals surface area contributed by atoms with Gasteiger partial charge in [-0.3, -0.25) is 9.59 Å². The zero-order valence-electron chi connectivity index (χ0n) is 14.5. The minimum absolute atomic E-state index is 0.0529. The van der Waals surface area contributed by atoms with Crippen LogP contribution in [0.4, 0.5) is 0 Å². The summed E-state index contributed by atoms with van der Waals surface area (Å²) in [5.41, 5.74) is 0.185. The Morgan fingerprint density at radius 2 is 1.89 bits per heavy atom. The van der Waals surface area contributed by atoms with Crippen molar-refractivity contribution in [2.45, 2.75) is 18.5 Å². The van der Waals surface area contributed by atoms with Crippen molar-refractivity contribution in [1.29, 1.82) is 0 Å². The molecule has 2 aliphatic rings. The van der Waals surface area contributed by atoms with Gasteiger partial charge < -0.3 is 14.4 Å². The topological polar surface area (TPSA) is 105 Å². The predicted octanol–water partition coefficient (Wildman–Crippen LogP) is 2.54. The molecular formula is C19H16ClNO6S. The molecule has 1 N–H and O–H groups in total. The summed E-state index contributed by atoms with van der Waals surface area (Å²) < 4.78 is 29.3. The molecule has 9 heteroatoms. The predicted molar refractivity (Wildman–Crippen MR) is 101 cm³/mol. The van der Waals surface area contributed by atoms with E-state index in [1.54, 1.807) is 24.3 Å². The summed E-state index contributed by atoms with van der Waals surface area (Å²) in [6, 6.07) is 7.70. The fourth-order valence-corrected chi connectivity index (χ4v) is 5.55. The molecule has 2 aromatic rings. The van der Waals surface area contributed by atoms with E-state index in [-0.39, 0.29) is 35.0 Å². The number of Topliss-reactive ketones (excluding diaryl/α,β-unsaturated/α-hetero) is 1. The van der Waals surface area contributed by atoms with E-state index in [9.17, 15) is 23.1 Å². The van der Waals surface area contributed by atoms with Gasteiger partial charge in [-0.2, -0.15) is 0 Å². The van der Waals surface area contributed by atoms with Crippen molar-refractivity contribution in [2.24, 2.45) is 0 Å². The smallest absolute Gasteiger partial charge is 0.296 e. The van der Waals surface area contributed by atoms with Gasteiger partial charge in [-0.1, -0.05) is 11.6 Å². The quantitative estimate of drug-likeness (QED) is 0.464. The van der Waals surface area contributed by atoms with E-state index in [4.69, 9.17) is 16.0 Å². The minimum Gasteiger partial charge on any atom is -0.507 e. The molecule has 2 aliphatic heterocycles. The second kappa shape index (κ2) is 6.79. The van der Waals surface area contributed by atoms with Gasteiger partial charge in [0.1, 0.15) is 17.6 Å². The molecule has 0 spiro atoms. The fraction of sp³-hybridized carbons (Fsp3) is 0.263. The Hall–Kier alpha value is -2.58. The maximum Gasteiger partial charge on any atom is 0.296 e. The summed E-state index contributed by atoms with van der Waals surface area (Å²) in [7, 11) is -3.29. The van der Waals surface area contributed by atoms with E-state index >= 15 is 0 Å². The van der Waals surface area contributed by atoms with Crippen molar-refractivity contribution >= 4 is 38.9 Å². The first-order chi connectivity index (χ1) is 13.3. The summed E-state index contributed by atoms with van der Waals surface area (Å²) in [5, 5.41) is 11.3. The number of nitrogens with zero attached hydrogens (tertiary/aromatic N) is 1. The van der Waals surface area contributed by atoms with Crippen LogP contribution in [-0.2, 0) is 19.4 Å². The van der Waals surface area contributed by atoms with Crippen molar-refractivity contribution in [3.05, 3.63) is 64.6 Å². The normalized spacial score (nSPS) is 26.1. The van der Waals surface area contributed by atoms with Crippen molar-refractivity contribution in [3.63, 3.8) is 0 Å². The van der Waals surface area contributed by atoms with E-state index in [0.29, 0.717) is 10.6 Å². The molecule has 7 nitrogen and oxygen atoms in total. The number of carbonyl (C=O) groups is 2. The second-order valence-corrected chi connectivity index (χ2v) is 9.45. The first-order valence-electron chi connectivity index (χ1n) is 8.58. The fourth-order valence-electron chi connectivity index (χ4n) is 3.71. The highest BCUT2D eigenvalue weighted by atomic mass is 35.5. The molecule has 4 rings (SSSR count). The zero-order chi connectivity index (χ0) is 20.1. The number of sulfone groups is 1. The number of aliphatic hydroxyl groups is 1. The molecule has 2 atom stereocenters. The molecule has 3 heterocycles. The molecule has 0 radical (unpaired) electrons. The van der Waals surface area contributed by atoms with Gasteiger partial charge in [-0.05, 0) is 42.8 Å². The third-order valence-corrected chi connectivity index (χ3v) is 7.01. The molecule has 0 bridgehead atoms. The van der Waals surface area contributed by atoms with Crippen LogP contribution in [0.3, 0.4) is 0 Å². The van der Waals surface area contributed by atoms with E-state index in [1.807, 2.05) is 0 Å². The largest absolute Gasteiger partial charge is 0.507 e. The van der Waals surface area contributed by atoms with E-state index in [1.165, 1.54) is 23.3 Å². The highest BCUT2D eigenvalue weighted by molar-refractivity contribution is 7.91. The average Bonchev–Trinajstić information content (AvgIpc) is 3.35. The number of likely N-dealkylation sites (tertiary alicyclic amines) is 1. The van der Waals surface area contributed by atoms with Crippen molar-refractivity contribution in [3.8, 4) is 0 Å². The maximum absolute atomic E-state index is 12.8. The number of amides is 1. The summed E-state index contributed by atoms with van der Waals surface area (Å²) in [5.74, 6) is -2.09. The molecule has 1 aromatic heterocycles. The van der Waals surface area contributed by atoms with Crippen LogP contribution >= 0.6 is 11.6 Å². The van der Waals surface area contributed by atoms with Gasteiger partial charge in [0.05, 0.1) is 23.3 Å². The van der Waals surface area contributed by atoms with Crippen LogP contribution in [0.15, 0.2) is 52.7 Å². The number of ketones is 1. The Morgan fingerprint density at radius 1 is 1.18 bits per heavy atom. The highest BCUT2D eigenvalue weighted by Gasteiger charge is 2.52. The van der Waals surface area contributed by atoms with Crippen molar-refractivity contribution in [2.75, 3.05) is 11.5 Å². The maximum atomic E-state index is 12.8. The van der Waals surface area contributed by atoms with Crippen LogP contribution in [0.1, 0.15) is 23.8 Å². The molecule has 0 unspecified atom stereocenters. The molecule has 0 aliphatic carbocycles. The highest BCUT2D eigenvalue weighted by Crippen LogP contribution is 2.42. The lowest BCUT2D eigenvalue weighted by molar-refractivity contribution is -0.141. The number of carbonyl (C=O) groups excluding carboxylic acids is 2. The second-order valence-electron chi connectivity index (χ2n) is 6.79. The Balaban J connectivity index is 1.86. The molecule has 2 saturated heterocycles. The Morgan fingerprint density at radius 3 is 2.46 bits per heavy atom. The van der Waals surface area contributed by atoms with E-state index < -0.39 is 33.6 Å². The monoisotopic (exact) mass is 421 g/mol. The molecule has 1 amide bonds. The van der Waals surface area contributed by atoms with Crippen LogP contribution in [0.5, 0.6) is 0 Å². The van der Waals surface area contributed by atoms with Gasteiger partial charge in [0.15, 0.2) is 9.84 Å². The van der Waals surface area contributed by atoms with Gasteiger partial charge in [0, 0.05) is 16.6 Å². The number of rotatable bonds is 3. The first-order valence-corrected chi connectivity index (χ1v) is 10.8. The summed E-state index contributed by atoms with van der Waals surface area (Å²) in [4.78, 5) is 26.8. The lowest BCUT2D eigenvalue weighted by Crippen LogP contribution is -2.40. The molecule has 146 valence electrons. The summed E-state index contributed by atoms with van der Waals surface area (Å²) in [6.07, 6.45) is 1.62. The third kappa shape index (κ3) is 3.12. The van der Waals surface area contributed by atoms with Crippen molar-refractivity contribution < 1.29 is 27.5 Å². The number of benzene rings is 1. The van der Waals surface area contributed by atoms with Crippen LogP contribution in [0.2, 0.25) is 5.02 Å². The minimum atomic E-state index is -3.29. The lowest BCUT2D eigenvalue weighted by atomic mass is 9.99.